The first kappa shape index (κ1) is 12.3. The van der Waals surface area contributed by atoms with E-state index in [1.54, 1.807) is 0 Å². The van der Waals surface area contributed by atoms with Crippen molar-refractivity contribution in [2.45, 2.75) is 31.7 Å². The van der Waals surface area contributed by atoms with Gasteiger partial charge in [0.25, 0.3) is 0 Å². The molecule has 2 N–H and O–H groups in total. The first-order valence-electron chi connectivity index (χ1n) is 7.25. The van der Waals surface area contributed by atoms with Crippen molar-refractivity contribution in [3.8, 4) is 11.5 Å². The fourth-order valence-corrected chi connectivity index (χ4v) is 4.00. The molecule has 1 heterocycles. The van der Waals surface area contributed by atoms with Crippen molar-refractivity contribution < 1.29 is 9.47 Å². The highest BCUT2D eigenvalue weighted by atomic mass is 32.1. The molecule has 0 aromatic heterocycles. The molecular weight excluding hydrogens is 272 g/mol. The van der Waals surface area contributed by atoms with E-state index in [1.807, 2.05) is 18.2 Å². The molecule has 1 aromatic rings. The summed E-state index contributed by atoms with van der Waals surface area (Å²) in [6.07, 6.45) is 5.41. The summed E-state index contributed by atoms with van der Waals surface area (Å²) < 4.78 is 10.7. The number of nitrogens with one attached hydrogen (secondary N) is 2. The number of hydrogen-bond acceptors (Lipinski definition) is 3. The van der Waals surface area contributed by atoms with E-state index in [4.69, 9.17) is 21.7 Å². The van der Waals surface area contributed by atoms with Gasteiger partial charge < -0.3 is 20.1 Å². The van der Waals surface area contributed by atoms with Crippen molar-refractivity contribution in [3.05, 3.63) is 18.2 Å². The van der Waals surface area contributed by atoms with Crippen LogP contribution in [0.1, 0.15) is 25.7 Å². The van der Waals surface area contributed by atoms with E-state index in [2.05, 4.69) is 10.6 Å². The molecule has 3 atom stereocenters. The standard InChI is InChI=1S/C15H18N2O2S/c20-15(17-12-6-9-1-2-10(12)5-9)16-11-3-4-13-14(7-11)19-8-18-13/h3-4,7,9-10,12H,1-2,5-6,8H2,(H2,16,17,20)/t9-,10-,12+/m1/s1. The molecule has 0 saturated heterocycles. The maximum atomic E-state index is 5.42. The maximum Gasteiger partial charge on any atom is 0.231 e. The molecular formula is C15H18N2O2S. The van der Waals surface area contributed by atoms with Crippen LogP contribution in [-0.2, 0) is 0 Å². The van der Waals surface area contributed by atoms with E-state index in [0.717, 1.165) is 29.0 Å². The highest BCUT2D eigenvalue weighted by Crippen LogP contribution is 2.44. The SMILES string of the molecule is S=C(Nc1ccc2c(c1)OCO2)N[C@H]1C[C@@H]2CC[C@@H]1C2. The zero-order valence-electron chi connectivity index (χ0n) is 11.2. The van der Waals surface area contributed by atoms with Gasteiger partial charge in [-0.3, -0.25) is 0 Å². The Bertz CT molecular complexity index is 549. The topological polar surface area (TPSA) is 42.5 Å². The summed E-state index contributed by atoms with van der Waals surface area (Å²) in [4.78, 5) is 0. The molecule has 0 spiro atoms. The van der Waals surface area contributed by atoms with E-state index in [9.17, 15) is 0 Å². The molecule has 1 aliphatic heterocycles. The minimum atomic E-state index is 0.298. The summed E-state index contributed by atoms with van der Waals surface area (Å²) in [6, 6.07) is 6.35. The van der Waals surface area contributed by atoms with Crippen molar-refractivity contribution in [1.29, 1.82) is 0 Å². The third-order valence-electron chi connectivity index (χ3n) is 4.69. The lowest BCUT2D eigenvalue weighted by Gasteiger charge is -2.24. The molecule has 20 heavy (non-hydrogen) atoms. The van der Waals surface area contributed by atoms with Crippen LogP contribution >= 0.6 is 12.2 Å². The Morgan fingerprint density at radius 1 is 1.15 bits per heavy atom. The predicted octanol–water partition coefficient (Wildman–Crippen LogP) is 2.89. The quantitative estimate of drug-likeness (QED) is 0.820. The van der Waals surface area contributed by atoms with E-state index in [0.29, 0.717) is 17.9 Å². The monoisotopic (exact) mass is 290 g/mol. The molecule has 4 nitrogen and oxygen atoms in total. The van der Waals surface area contributed by atoms with Crippen molar-refractivity contribution in [1.82, 2.24) is 5.32 Å². The van der Waals surface area contributed by atoms with Gasteiger partial charge in [-0.1, -0.05) is 6.42 Å². The Morgan fingerprint density at radius 2 is 2.05 bits per heavy atom. The van der Waals surface area contributed by atoms with Gasteiger partial charge in [0.1, 0.15) is 0 Å². The molecule has 2 aliphatic carbocycles. The number of ether oxygens (including phenoxy) is 2. The Morgan fingerprint density at radius 3 is 2.85 bits per heavy atom. The predicted molar refractivity (Wildman–Crippen MR) is 81.2 cm³/mol. The molecule has 2 saturated carbocycles. The van der Waals surface area contributed by atoms with Crippen molar-refractivity contribution in [3.63, 3.8) is 0 Å². The highest BCUT2D eigenvalue weighted by molar-refractivity contribution is 7.80. The summed E-state index contributed by atoms with van der Waals surface area (Å²) in [7, 11) is 0. The molecule has 1 aromatic carbocycles. The van der Waals surface area contributed by atoms with E-state index < -0.39 is 0 Å². The number of benzene rings is 1. The maximum absolute atomic E-state index is 5.42. The molecule has 0 amide bonds. The van der Waals surface area contributed by atoms with Crippen LogP contribution < -0.4 is 20.1 Å². The third kappa shape index (κ3) is 2.20. The average molecular weight is 290 g/mol. The first-order chi connectivity index (χ1) is 9.78. The van der Waals surface area contributed by atoms with Crippen LogP contribution in [0.2, 0.25) is 0 Å². The molecule has 4 rings (SSSR count). The summed E-state index contributed by atoms with van der Waals surface area (Å²) in [6.45, 7) is 0.298. The fourth-order valence-electron chi connectivity index (χ4n) is 3.73. The number of anilines is 1. The van der Waals surface area contributed by atoms with Gasteiger partial charge in [0.2, 0.25) is 6.79 Å². The molecule has 106 valence electrons. The van der Waals surface area contributed by atoms with Gasteiger partial charge in [0.05, 0.1) is 0 Å². The Labute approximate surface area is 123 Å². The first-order valence-corrected chi connectivity index (χ1v) is 7.66. The average Bonchev–Trinajstić information content (AvgIpc) is 3.13. The summed E-state index contributed by atoms with van der Waals surface area (Å²) in [5.41, 5.74) is 0.940. The van der Waals surface area contributed by atoms with Gasteiger partial charge in [-0.15, -0.1) is 0 Å². The second-order valence-electron chi connectivity index (χ2n) is 5.95. The Balaban J connectivity index is 1.38. The number of rotatable bonds is 2. The van der Waals surface area contributed by atoms with E-state index in [-0.39, 0.29) is 0 Å². The number of fused-ring (bicyclic) bond motifs is 3. The fraction of sp³-hybridized carbons (Fsp3) is 0.533. The molecule has 0 radical (unpaired) electrons. The van der Waals surface area contributed by atoms with Crippen LogP contribution in [0.15, 0.2) is 18.2 Å². The van der Waals surface area contributed by atoms with Gasteiger partial charge in [-0.25, -0.2) is 0 Å². The summed E-state index contributed by atoms with van der Waals surface area (Å²) in [5.74, 6) is 3.31. The summed E-state index contributed by atoms with van der Waals surface area (Å²) in [5, 5.41) is 7.43. The summed E-state index contributed by atoms with van der Waals surface area (Å²) >= 11 is 5.42. The van der Waals surface area contributed by atoms with Crippen LogP contribution in [0.4, 0.5) is 5.69 Å². The van der Waals surface area contributed by atoms with Gasteiger partial charge in [-0.05, 0) is 55.4 Å². The van der Waals surface area contributed by atoms with Gasteiger partial charge in [0.15, 0.2) is 16.6 Å². The zero-order valence-corrected chi connectivity index (χ0v) is 12.0. The van der Waals surface area contributed by atoms with Crippen molar-refractivity contribution >= 4 is 23.0 Å². The molecule has 2 fully saturated rings. The lowest BCUT2D eigenvalue weighted by Crippen LogP contribution is -2.40. The van der Waals surface area contributed by atoms with Gasteiger partial charge in [0, 0.05) is 17.8 Å². The molecule has 2 bridgehead atoms. The molecule has 3 aliphatic rings. The largest absolute Gasteiger partial charge is 0.454 e. The Kier molecular flexibility index (Phi) is 2.95. The minimum absolute atomic E-state index is 0.298. The third-order valence-corrected chi connectivity index (χ3v) is 4.90. The van der Waals surface area contributed by atoms with Crippen molar-refractivity contribution in [2.75, 3.05) is 12.1 Å². The van der Waals surface area contributed by atoms with E-state index in [1.165, 1.54) is 25.7 Å². The second-order valence-corrected chi connectivity index (χ2v) is 6.36. The van der Waals surface area contributed by atoms with E-state index >= 15 is 0 Å². The molecule has 0 unspecified atom stereocenters. The highest BCUT2D eigenvalue weighted by Gasteiger charge is 2.39. The number of hydrogen-bond donors (Lipinski definition) is 2. The van der Waals surface area contributed by atoms with Crippen LogP contribution in [0, 0.1) is 11.8 Å². The van der Waals surface area contributed by atoms with Crippen LogP contribution in [0.3, 0.4) is 0 Å². The van der Waals surface area contributed by atoms with Gasteiger partial charge >= 0.3 is 0 Å². The van der Waals surface area contributed by atoms with Crippen LogP contribution in [0.25, 0.3) is 0 Å². The molecule has 5 heteroatoms. The van der Waals surface area contributed by atoms with Crippen LogP contribution in [-0.4, -0.2) is 17.9 Å². The smallest absolute Gasteiger partial charge is 0.231 e. The van der Waals surface area contributed by atoms with Gasteiger partial charge in [-0.2, -0.15) is 0 Å². The normalized spacial score (nSPS) is 29.5. The minimum Gasteiger partial charge on any atom is -0.454 e. The zero-order chi connectivity index (χ0) is 13.5. The van der Waals surface area contributed by atoms with Crippen molar-refractivity contribution in [2.24, 2.45) is 11.8 Å². The lowest BCUT2D eigenvalue weighted by atomic mass is 9.96. The number of thiocarbonyl (C=S) groups is 1. The Hall–Kier alpha value is -1.49. The van der Waals surface area contributed by atoms with Crippen LogP contribution in [0.5, 0.6) is 11.5 Å². The lowest BCUT2D eigenvalue weighted by molar-refractivity contribution is 0.174. The second kappa shape index (κ2) is 4.81.